The van der Waals surface area contributed by atoms with Gasteiger partial charge in [0.25, 0.3) is 0 Å². The minimum absolute atomic E-state index is 0.253. The van der Waals surface area contributed by atoms with E-state index in [1.165, 1.54) is 17.0 Å². The minimum Gasteiger partial charge on any atom is -0.395 e. The first kappa shape index (κ1) is 20.0. The first-order chi connectivity index (χ1) is 13.7. The number of hydrogen-bond acceptors (Lipinski definition) is 6. The van der Waals surface area contributed by atoms with E-state index < -0.39 is 0 Å². The topological polar surface area (TPSA) is 42.8 Å². The molecule has 1 fully saturated rings. The number of hydrogen-bond donors (Lipinski definition) is 1. The normalized spacial score (nSPS) is 17.9. The van der Waals surface area contributed by atoms with Gasteiger partial charge in [0.15, 0.2) is 0 Å². The highest BCUT2D eigenvalue weighted by molar-refractivity contribution is 7.99. The Hall–Kier alpha value is -1.31. The molecule has 0 radical (unpaired) electrons. The van der Waals surface area contributed by atoms with Gasteiger partial charge in [-0.05, 0) is 50.7 Å². The number of fused-ring (bicyclic) bond motifs is 2. The monoisotopic (exact) mass is 418 g/mol. The van der Waals surface area contributed by atoms with Gasteiger partial charge in [-0.15, -0.1) is 0 Å². The molecule has 2 aliphatic heterocycles. The highest BCUT2D eigenvalue weighted by atomic mass is 35.5. The van der Waals surface area contributed by atoms with Crippen molar-refractivity contribution in [1.29, 1.82) is 0 Å². The van der Waals surface area contributed by atoms with E-state index in [9.17, 15) is 0 Å². The molecule has 2 aromatic rings. The summed E-state index contributed by atoms with van der Waals surface area (Å²) in [6, 6.07) is 10.5. The SMILES string of the molecule is OCCN1CCCN(CCCN2c3ccccc3Sc3cc(Cl)cnc32)CC1. The summed E-state index contributed by atoms with van der Waals surface area (Å²) >= 11 is 7.93. The zero-order valence-corrected chi connectivity index (χ0v) is 17.6. The summed E-state index contributed by atoms with van der Waals surface area (Å²) in [6.07, 6.45) is 4.00. The summed E-state index contributed by atoms with van der Waals surface area (Å²) in [4.78, 5) is 14.3. The summed E-state index contributed by atoms with van der Waals surface area (Å²) in [5.74, 6) is 1.01. The average molecular weight is 419 g/mol. The van der Waals surface area contributed by atoms with E-state index in [1.807, 2.05) is 6.07 Å². The van der Waals surface area contributed by atoms with Crippen molar-refractivity contribution in [3.05, 3.63) is 41.6 Å². The smallest absolute Gasteiger partial charge is 0.147 e. The summed E-state index contributed by atoms with van der Waals surface area (Å²) < 4.78 is 0. The van der Waals surface area contributed by atoms with Crippen molar-refractivity contribution in [1.82, 2.24) is 14.8 Å². The number of anilines is 2. The second-order valence-corrected chi connectivity index (χ2v) is 8.83. The van der Waals surface area contributed by atoms with Crippen LogP contribution < -0.4 is 4.90 Å². The van der Waals surface area contributed by atoms with Crippen LogP contribution in [0.2, 0.25) is 5.02 Å². The molecule has 1 saturated heterocycles. The van der Waals surface area contributed by atoms with Crippen LogP contribution in [0.15, 0.2) is 46.3 Å². The Labute approximate surface area is 176 Å². The maximum Gasteiger partial charge on any atom is 0.147 e. The minimum atomic E-state index is 0.253. The van der Waals surface area contributed by atoms with Crippen molar-refractivity contribution in [3.8, 4) is 0 Å². The number of β-amino-alcohol motifs (C(OH)–C–C–N with tert-alkyl or cyclic N) is 1. The maximum absolute atomic E-state index is 9.16. The molecule has 0 spiro atoms. The van der Waals surface area contributed by atoms with Crippen molar-refractivity contribution < 1.29 is 5.11 Å². The molecule has 7 heteroatoms. The number of aliphatic hydroxyl groups excluding tert-OH is 1. The Morgan fingerprint density at radius 1 is 1.00 bits per heavy atom. The van der Waals surface area contributed by atoms with E-state index in [1.54, 1.807) is 18.0 Å². The number of halogens is 1. The molecule has 4 rings (SSSR count). The molecule has 5 nitrogen and oxygen atoms in total. The fraction of sp³-hybridized carbons (Fsp3) is 0.476. The average Bonchev–Trinajstić information content (AvgIpc) is 2.93. The standard InChI is InChI=1S/C21H27ClN4OS/c22-17-15-20-21(23-16-17)26(18-5-1-2-6-19(18)28-20)10-4-9-24-7-3-8-25(12-11-24)13-14-27/h1-2,5-6,15-16,27H,3-4,7-14H2. The van der Waals surface area contributed by atoms with Gasteiger partial charge in [0.2, 0.25) is 0 Å². The van der Waals surface area contributed by atoms with Gasteiger partial charge >= 0.3 is 0 Å². The van der Waals surface area contributed by atoms with Crippen LogP contribution in [0.5, 0.6) is 0 Å². The molecule has 1 N–H and O–H groups in total. The first-order valence-electron chi connectivity index (χ1n) is 10.00. The first-order valence-corrected chi connectivity index (χ1v) is 11.2. The molecule has 0 saturated carbocycles. The van der Waals surface area contributed by atoms with Gasteiger partial charge < -0.3 is 14.9 Å². The number of aliphatic hydroxyl groups is 1. The van der Waals surface area contributed by atoms with Crippen LogP contribution in [0.4, 0.5) is 11.5 Å². The molecule has 3 heterocycles. The van der Waals surface area contributed by atoms with E-state index in [-0.39, 0.29) is 6.61 Å². The van der Waals surface area contributed by atoms with Crippen LogP contribution in [0.3, 0.4) is 0 Å². The second kappa shape index (κ2) is 9.46. The second-order valence-electron chi connectivity index (χ2n) is 7.31. The third-order valence-corrected chi connectivity index (χ3v) is 6.68. The molecule has 0 atom stereocenters. The highest BCUT2D eigenvalue weighted by Gasteiger charge is 2.24. The van der Waals surface area contributed by atoms with Gasteiger partial charge in [-0.2, -0.15) is 0 Å². The predicted molar refractivity (Wildman–Crippen MR) is 116 cm³/mol. The fourth-order valence-electron chi connectivity index (χ4n) is 3.98. The molecule has 150 valence electrons. The van der Waals surface area contributed by atoms with E-state index in [2.05, 4.69) is 43.9 Å². The molecule has 0 amide bonds. The van der Waals surface area contributed by atoms with Gasteiger partial charge in [-0.25, -0.2) is 4.98 Å². The zero-order chi connectivity index (χ0) is 19.3. The number of rotatable bonds is 6. The third-order valence-electron chi connectivity index (χ3n) is 5.38. The third kappa shape index (κ3) is 4.63. The molecule has 0 aliphatic carbocycles. The number of benzene rings is 1. The van der Waals surface area contributed by atoms with Crippen molar-refractivity contribution in [2.45, 2.75) is 22.6 Å². The largest absolute Gasteiger partial charge is 0.395 e. The van der Waals surface area contributed by atoms with Crippen LogP contribution in [-0.2, 0) is 0 Å². The van der Waals surface area contributed by atoms with Crippen molar-refractivity contribution in [2.75, 3.05) is 57.3 Å². The van der Waals surface area contributed by atoms with Crippen LogP contribution in [-0.4, -0.2) is 72.3 Å². The van der Waals surface area contributed by atoms with E-state index >= 15 is 0 Å². The van der Waals surface area contributed by atoms with E-state index in [0.29, 0.717) is 5.02 Å². The Balaban J connectivity index is 1.41. The Morgan fingerprint density at radius 2 is 1.79 bits per heavy atom. The fourth-order valence-corrected chi connectivity index (χ4v) is 5.31. The van der Waals surface area contributed by atoms with Gasteiger partial charge in [-0.3, -0.25) is 4.90 Å². The summed E-state index contributed by atoms with van der Waals surface area (Å²) in [5, 5.41) is 9.85. The van der Waals surface area contributed by atoms with Crippen LogP contribution in [0.25, 0.3) is 0 Å². The summed E-state index contributed by atoms with van der Waals surface area (Å²) in [6.45, 7) is 7.43. The zero-order valence-electron chi connectivity index (χ0n) is 16.1. The van der Waals surface area contributed by atoms with Gasteiger partial charge in [0, 0.05) is 37.3 Å². The van der Waals surface area contributed by atoms with Gasteiger partial charge in [0.1, 0.15) is 5.82 Å². The number of nitrogens with zero attached hydrogens (tertiary/aromatic N) is 4. The molecule has 1 aromatic heterocycles. The van der Waals surface area contributed by atoms with Crippen LogP contribution >= 0.6 is 23.4 Å². The Bertz CT molecular complexity index is 806. The van der Waals surface area contributed by atoms with Crippen molar-refractivity contribution in [2.24, 2.45) is 0 Å². The summed E-state index contributed by atoms with van der Waals surface area (Å²) in [7, 11) is 0. The van der Waals surface area contributed by atoms with Gasteiger partial charge in [0.05, 0.1) is 22.2 Å². The number of aromatic nitrogens is 1. The lowest BCUT2D eigenvalue weighted by Crippen LogP contribution is -2.34. The summed E-state index contributed by atoms with van der Waals surface area (Å²) in [5.41, 5.74) is 1.24. The maximum atomic E-state index is 9.16. The Morgan fingerprint density at radius 3 is 2.61 bits per heavy atom. The molecular weight excluding hydrogens is 392 g/mol. The molecule has 2 aliphatic rings. The lowest BCUT2D eigenvalue weighted by Gasteiger charge is -2.32. The molecular formula is C21H27ClN4OS. The van der Waals surface area contributed by atoms with E-state index in [4.69, 9.17) is 16.7 Å². The molecule has 28 heavy (non-hydrogen) atoms. The molecule has 0 unspecified atom stereocenters. The van der Waals surface area contributed by atoms with E-state index in [0.717, 1.165) is 62.9 Å². The highest BCUT2D eigenvalue weighted by Crippen LogP contribution is 2.47. The predicted octanol–water partition coefficient (Wildman–Crippen LogP) is 3.73. The van der Waals surface area contributed by atoms with Crippen molar-refractivity contribution >= 4 is 34.9 Å². The Kier molecular flexibility index (Phi) is 6.75. The van der Waals surface area contributed by atoms with Gasteiger partial charge in [-0.1, -0.05) is 35.5 Å². The lowest BCUT2D eigenvalue weighted by molar-refractivity contribution is 0.196. The molecule has 1 aromatic carbocycles. The number of pyridine rings is 1. The van der Waals surface area contributed by atoms with Crippen LogP contribution in [0, 0.1) is 0 Å². The lowest BCUT2D eigenvalue weighted by atomic mass is 10.2. The number of para-hydroxylation sites is 1. The van der Waals surface area contributed by atoms with Crippen LogP contribution in [0.1, 0.15) is 12.8 Å². The molecule has 0 bridgehead atoms. The van der Waals surface area contributed by atoms with Crippen molar-refractivity contribution in [3.63, 3.8) is 0 Å². The quantitative estimate of drug-likeness (QED) is 0.771.